The lowest BCUT2D eigenvalue weighted by molar-refractivity contribution is -0.132. The third-order valence-electron chi connectivity index (χ3n) is 3.86. The second-order valence-corrected chi connectivity index (χ2v) is 5.65. The van der Waals surface area contributed by atoms with E-state index in [0.717, 1.165) is 18.6 Å². The van der Waals surface area contributed by atoms with Crippen molar-refractivity contribution < 1.29 is 18.8 Å². The van der Waals surface area contributed by atoms with Crippen LogP contribution in [0.2, 0.25) is 0 Å². The molecule has 25 heavy (non-hydrogen) atoms. The van der Waals surface area contributed by atoms with E-state index >= 15 is 0 Å². The van der Waals surface area contributed by atoms with Crippen molar-refractivity contribution >= 4 is 5.91 Å². The first-order valence-corrected chi connectivity index (χ1v) is 8.37. The molecule has 0 fully saturated rings. The maximum atomic E-state index is 12.4. The van der Waals surface area contributed by atoms with E-state index in [0.29, 0.717) is 37.8 Å². The summed E-state index contributed by atoms with van der Waals surface area (Å²) in [5, 5.41) is 3.81. The van der Waals surface area contributed by atoms with Crippen molar-refractivity contribution in [1.82, 2.24) is 15.0 Å². The van der Waals surface area contributed by atoms with Crippen LogP contribution >= 0.6 is 0 Å². The Morgan fingerprint density at radius 2 is 2.00 bits per heavy atom. The van der Waals surface area contributed by atoms with Crippen LogP contribution in [0.3, 0.4) is 0 Å². The van der Waals surface area contributed by atoms with Crippen LogP contribution in [0, 0.1) is 0 Å². The molecule has 0 bridgehead atoms. The van der Waals surface area contributed by atoms with Gasteiger partial charge in [-0.25, -0.2) is 0 Å². The fourth-order valence-corrected chi connectivity index (χ4v) is 2.48. The van der Waals surface area contributed by atoms with Crippen molar-refractivity contribution in [1.29, 1.82) is 0 Å². The second kappa shape index (κ2) is 9.78. The minimum Gasteiger partial charge on any atom is -0.497 e. The molecule has 2 rings (SSSR count). The minimum atomic E-state index is 0.0857. The number of hydrogen-bond acceptors (Lipinski definition) is 6. The number of ether oxygens (including phenoxy) is 2. The van der Waals surface area contributed by atoms with E-state index in [9.17, 15) is 4.79 Å². The summed E-state index contributed by atoms with van der Waals surface area (Å²) in [4.78, 5) is 18.3. The minimum absolute atomic E-state index is 0.0857. The van der Waals surface area contributed by atoms with Crippen molar-refractivity contribution in [3.8, 4) is 5.75 Å². The van der Waals surface area contributed by atoms with Gasteiger partial charge in [0.05, 0.1) is 13.7 Å². The van der Waals surface area contributed by atoms with E-state index in [1.54, 1.807) is 19.1 Å². The Balaban J connectivity index is 1.80. The SMILES string of the molecule is CCN(Cc1nc(COC)no1)C(=O)CCCc1ccc(OC)cc1. The number of aromatic nitrogens is 2. The molecule has 0 unspecified atom stereocenters. The predicted octanol–water partition coefficient (Wildman–Crippen LogP) is 2.60. The van der Waals surface area contributed by atoms with Crippen LogP contribution < -0.4 is 4.74 Å². The van der Waals surface area contributed by atoms with Gasteiger partial charge in [-0.1, -0.05) is 17.3 Å². The third-order valence-corrected chi connectivity index (χ3v) is 3.86. The highest BCUT2D eigenvalue weighted by Crippen LogP contribution is 2.14. The number of carbonyl (C=O) groups excluding carboxylic acids is 1. The van der Waals surface area contributed by atoms with E-state index < -0.39 is 0 Å². The van der Waals surface area contributed by atoms with E-state index in [4.69, 9.17) is 14.0 Å². The van der Waals surface area contributed by atoms with Gasteiger partial charge >= 0.3 is 0 Å². The molecule has 1 aromatic heterocycles. The predicted molar refractivity (Wildman–Crippen MR) is 92.0 cm³/mol. The van der Waals surface area contributed by atoms with Crippen LogP contribution in [0.1, 0.15) is 37.0 Å². The topological polar surface area (TPSA) is 77.7 Å². The summed E-state index contributed by atoms with van der Waals surface area (Å²) in [7, 11) is 3.22. The molecule has 7 heteroatoms. The standard InChI is InChI=1S/C18H25N3O4/c1-4-21(12-17-19-16(13-23-2)20-25-17)18(22)7-5-6-14-8-10-15(24-3)11-9-14/h8-11H,4-7,12-13H2,1-3H3. The molecule has 0 saturated carbocycles. The lowest BCUT2D eigenvalue weighted by Crippen LogP contribution is -2.30. The van der Waals surface area contributed by atoms with Crippen LogP contribution in [0.4, 0.5) is 0 Å². The summed E-state index contributed by atoms with van der Waals surface area (Å²) >= 11 is 0. The molecular weight excluding hydrogens is 322 g/mol. The molecule has 0 spiro atoms. The number of amides is 1. The van der Waals surface area contributed by atoms with E-state index in [1.165, 1.54) is 5.56 Å². The molecule has 1 heterocycles. The highest BCUT2D eigenvalue weighted by atomic mass is 16.5. The molecule has 0 aliphatic heterocycles. The zero-order chi connectivity index (χ0) is 18.1. The van der Waals surface area contributed by atoms with Crippen molar-refractivity contribution in [3.05, 3.63) is 41.5 Å². The molecule has 0 N–H and O–H groups in total. The van der Waals surface area contributed by atoms with Gasteiger partial charge < -0.3 is 18.9 Å². The number of hydrogen-bond donors (Lipinski definition) is 0. The molecule has 1 aromatic carbocycles. The highest BCUT2D eigenvalue weighted by Gasteiger charge is 2.16. The number of aryl methyl sites for hydroxylation is 1. The van der Waals surface area contributed by atoms with E-state index in [-0.39, 0.29) is 5.91 Å². The molecule has 0 aliphatic carbocycles. The van der Waals surface area contributed by atoms with Gasteiger partial charge in [0, 0.05) is 20.1 Å². The van der Waals surface area contributed by atoms with Gasteiger partial charge in [-0.2, -0.15) is 4.98 Å². The normalized spacial score (nSPS) is 10.7. The number of nitrogens with zero attached hydrogens (tertiary/aromatic N) is 3. The Morgan fingerprint density at radius 3 is 2.64 bits per heavy atom. The van der Waals surface area contributed by atoms with Gasteiger partial charge in [0.2, 0.25) is 11.8 Å². The molecule has 0 radical (unpaired) electrons. The monoisotopic (exact) mass is 347 g/mol. The van der Waals surface area contributed by atoms with Crippen molar-refractivity contribution in [2.45, 2.75) is 39.3 Å². The Morgan fingerprint density at radius 1 is 1.24 bits per heavy atom. The molecule has 136 valence electrons. The highest BCUT2D eigenvalue weighted by molar-refractivity contribution is 5.76. The van der Waals surface area contributed by atoms with Gasteiger partial charge in [0.25, 0.3) is 0 Å². The summed E-state index contributed by atoms with van der Waals surface area (Å²) in [6, 6.07) is 7.92. The maximum Gasteiger partial charge on any atom is 0.246 e. The molecule has 0 aliphatic rings. The first kappa shape index (κ1) is 18.9. The fraction of sp³-hybridized carbons (Fsp3) is 0.500. The lowest BCUT2D eigenvalue weighted by Gasteiger charge is -2.18. The van der Waals surface area contributed by atoms with Crippen molar-refractivity contribution in [2.24, 2.45) is 0 Å². The summed E-state index contributed by atoms with van der Waals surface area (Å²) in [5.41, 5.74) is 1.19. The smallest absolute Gasteiger partial charge is 0.246 e. The summed E-state index contributed by atoms with van der Waals surface area (Å²) in [5.74, 6) is 1.84. The molecule has 0 atom stereocenters. The Hall–Kier alpha value is -2.41. The van der Waals surface area contributed by atoms with Gasteiger partial charge in [-0.05, 0) is 37.5 Å². The lowest BCUT2D eigenvalue weighted by atomic mass is 10.1. The van der Waals surface area contributed by atoms with Crippen molar-refractivity contribution in [2.75, 3.05) is 20.8 Å². The van der Waals surface area contributed by atoms with E-state index in [1.807, 2.05) is 31.2 Å². The first-order valence-electron chi connectivity index (χ1n) is 8.37. The fourth-order valence-electron chi connectivity index (χ4n) is 2.48. The summed E-state index contributed by atoms with van der Waals surface area (Å²) in [6.07, 6.45) is 2.13. The van der Waals surface area contributed by atoms with E-state index in [2.05, 4.69) is 10.1 Å². The first-order chi connectivity index (χ1) is 12.2. The van der Waals surface area contributed by atoms with Crippen LogP contribution in [-0.2, 0) is 29.1 Å². The van der Waals surface area contributed by atoms with Crippen LogP contribution in [0.5, 0.6) is 5.75 Å². The Bertz CT molecular complexity index is 655. The Labute approximate surface area is 147 Å². The molecule has 0 saturated heterocycles. The van der Waals surface area contributed by atoms with Gasteiger partial charge in [0.1, 0.15) is 12.4 Å². The number of carbonyl (C=O) groups is 1. The second-order valence-electron chi connectivity index (χ2n) is 5.65. The van der Waals surface area contributed by atoms with Gasteiger partial charge in [0.15, 0.2) is 5.82 Å². The van der Waals surface area contributed by atoms with Gasteiger partial charge in [-0.15, -0.1) is 0 Å². The number of rotatable bonds is 10. The van der Waals surface area contributed by atoms with Crippen LogP contribution in [0.15, 0.2) is 28.8 Å². The molecule has 1 amide bonds. The van der Waals surface area contributed by atoms with Crippen LogP contribution in [-0.4, -0.2) is 41.7 Å². The average Bonchev–Trinajstić information content (AvgIpc) is 3.07. The van der Waals surface area contributed by atoms with Crippen molar-refractivity contribution in [3.63, 3.8) is 0 Å². The third kappa shape index (κ3) is 5.86. The molecular formula is C18H25N3O4. The Kier molecular flexibility index (Phi) is 7.40. The quantitative estimate of drug-likeness (QED) is 0.657. The molecule has 2 aromatic rings. The number of benzene rings is 1. The summed E-state index contributed by atoms with van der Waals surface area (Å²) < 4.78 is 15.2. The zero-order valence-electron chi connectivity index (χ0n) is 15.0. The largest absolute Gasteiger partial charge is 0.497 e. The van der Waals surface area contributed by atoms with Gasteiger partial charge in [-0.3, -0.25) is 4.79 Å². The van der Waals surface area contributed by atoms with Crippen LogP contribution in [0.25, 0.3) is 0 Å². The zero-order valence-corrected chi connectivity index (χ0v) is 15.0. The summed E-state index contributed by atoms with van der Waals surface area (Å²) in [6.45, 7) is 3.16. The average molecular weight is 347 g/mol. The number of methoxy groups -OCH3 is 2. The maximum absolute atomic E-state index is 12.4. The molecule has 7 nitrogen and oxygen atoms in total.